The molecule has 132 valence electrons. The Hall–Kier alpha value is -3.28. The average Bonchev–Trinajstić information content (AvgIpc) is 2.65. The van der Waals surface area contributed by atoms with E-state index in [2.05, 4.69) is 15.6 Å². The summed E-state index contributed by atoms with van der Waals surface area (Å²) in [6, 6.07) is 15.4. The van der Waals surface area contributed by atoms with E-state index in [-0.39, 0.29) is 11.5 Å². The monoisotopic (exact) mass is 353 g/mol. The standard InChI is InChI=1S/C20H17F2N3O/c21-16-7-5-14(6-8-16)9-11-23-19-13-15(10-12-24-19)20(26)25-18-4-2-1-3-17(18)22/h1-8,10,12-13H,9,11H2,(H,23,24)(H,25,26). The minimum absolute atomic E-state index is 0.125. The van der Waals surface area contributed by atoms with E-state index >= 15 is 0 Å². The van der Waals surface area contributed by atoms with Crippen molar-refractivity contribution >= 4 is 17.4 Å². The molecule has 0 bridgehead atoms. The number of amides is 1. The second-order valence-electron chi connectivity index (χ2n) is 5.67. The van der Waals surface area contributed by atoms with Crippen molar-refractivity contribution in [2.75, 3.05) is 17.2 Å². The normalized spacial score (nSPS) is 10.4. The van der Waals surface area contributed by atoms with Crippen LogP contribution < -0.4 is 10.6 Å². The minimum atomic E-state index is -0.493. The zero-order chi connectivity index (χ0) is 18.4. The van der Waals surface area contributed by atoms with Crippen LogP contribution >= 0.6 is 0 Å². The van der Waals surface area contributed by atoms with E-state index in [0.29, 0.717) is 24.3 Å². The Morgan fingerprint density at radius 1 is 1.00 bits per heavy atom. The van der Waals surface area contributed by atoms with Gasteiger partial charge in [-0.1, -0.05) is 24.3 Å². The summed E-state index contributed by atoms with van der Waals surface area (Å²) in [4.78, 5) is 16.4. The molecule has 0 spiro atoms. The number of rotatable bonds is 6. The third kappa shape index (κ3) is 4.63. The van der Waals surface area contributed by atoms with Crippen molar-refractivity contribution in [2.24, 2.45) is 0 Å². The predicted molar refractivity (Wildman–Crippen MR) is 97.2 cm³/mol. The molecule has 0 aliphatic heterocycles. The number of nitrogens with one attached hydrogen (secondary N) is 2. The molecule has 0 unspecified atom stereocenters. The molecule has 1 aromatic heterocycles. The first-order valence-corrected chi connectivity index (χ1v) is 8.12. The van der Waals surface area contributed by atoms with Crippen LogP contribution in [0.25, 0.3) is 0 Å². The summed E-state index contributed by atoms with van der Waals surface area (Å²) in [6.07, 6.45) is 2.20. The van der Waals surface area contributed by atoms with Gasteiger partial charge < -0.3 is 10.6 Å². The smallest absolute Gasteiger partial charge is 0.255 e. The molecule has 2 aromatic carbocycles. The van der Waals surface area contributed by atoms with Gasteiger partial charge in [0.05, 0.1) is 5.69 Å². The van der Waals surface area contributed by atoms with Gasteiger partial charge in [0.1, 0.15) is 17.5 Å². The van der Waals surface area contributed by atoms with Gasteiger partial charge in [0.2, 0.25) is 0 Å². The lowest BCUT2D eigenvalue weighted by atomic mass is 10.1. The molecule has 3 rings (SSSR count). The summed E-state index contributed by atoms with van der Waals surface area (Å²) in [5.41, 5.74) is 1.49. The van der Waals surface area contributed by atoms with Gasteiger partial charge in [-0.25, -0.2) is 13.8 Å². The first-order valence-electron chi connectivity index (χ1n) is 8.12. The Bertz CT molecular complexity index is 898. The number of carbonyl (C=O) groups is 1. The molecular weight excluding hydrogens is 336 g/mol. The molecular formula is C20H17F2N3O. The van der Waals surface area contributed by atoms with Crippen LogP contribution in [0.2, 0.25) is 0 Å². The SMILES string of the molecule is O=C(Nc1ccccc1F)c1ccnc(NCCc2ccc(F)cc2)c1. The summed E-state index contributed by atoms with van der Waals surface area (Å²) in [5.74, 6) is -0.642. The van der Waals surface area contributed by atoms with E-state index in [0.717, 1.165) is 5.56 Å². The molecule has 1 heterocycles. The fourth-order valence-electron chi connectivity index (χ4n) is 2.41. The quantitative estimate of drug-likeness (QED) is 0.696. The molecule has 0 radical (unpaired) electrons. The van der Waals surface area contributed by atoms with E-state index in [9.17, 15) is 13.6 Å². The summed E-state index contributed by atoms with van der Waals surface area (Å²) >= 11 is 0. The largest absolute Gasteiger partial charge is 0.370 e. The zero-order valence-electron chi connectivity index (χ0n) is 13.9. The zero-order valence-corrected chi connectivity index (χ0v) is 13.9. The lowest BCUT2D eigenvalue weighted by Gasteiger charge is -2.09. The van der Waals surface area contributed by atoms with Crippen molar-refractivity contribution < 1.29 is 13.6 Å². The third-order valence-electron chi connectivity index (χ3n) is 3.78. The van der Waals surface area contributed by atoms with Crippen LogP contribution in [0.3, 0.4) is 0 Å². The van der Waals surface area contributed by atoms with E-state index in [1.807, 2.05) is 0 Å². The number of aromatic nitrogens is 1. The van der Waals surface area contributed by atoms with E-state index in [1.54, 1.807) is 36.4 Å². The third-order valence-corrected chi connectivity index (χ3v) is 3.78. The van der Waals surface area contributed by atoms with Crippen LogP contribution in [0.4, 0.5) is 20.3 Å². The number of pyridine rings is 1. The van der Waals surface area contributed by atoms with E-state index < -0.39 is 11.7 Å². The van der Waals surface area contributed by atoms with Gasteiger partial charge in [0.15, 0.2) is 0 Å². The molecule has 26 heavy (non-hydrogen) atoms. The highest BCUT2D eigenvalue weighted by Gasteiger charge is 2.10. The molecule has 0 atom stereocenters. The number of hydrogen-bond acceptors (Lipinski definition) is 3. The Morgan fingerprint density at radius 2 is 1.77 bits per heavy atom. The Kier molecular flexibility index (Phi) is 5.53. The number of nitrogens with zero attached hydrogens (tertiary/aromatic N) is 1. The first kappa shape index (κ1) is 17.5. The Balaban J connectivity index is 1.59. The second kappa shape index (κ2) is 8.20. The molecule has 0 saturated heterocycles. The van der Waals surface area contributed by atoms with Gasteiger partial charge in [0.25, 0.3) is 5.91 Å². The lowest BCUT2D eigenvalue weighted by Crippen LogP contribution is -2.14. The first-order chi connectivity index (χ1) is 12.6. The highest BCUT2D eigenvalue weighted by atomic mass is 19.1. The molecule has 4 nitrogen and oxygen atoms in total. The summed E-state index contributed by atoms with van der Waals surface area (Å²) in [6.45, 7) is 0.580. The lowest BCUT2D eigenvalue weighted by molar-refractivity contribution is 0.102. The van der Waals surface area contributed by atoms with Crippen LogP contribution in [0.15, 0.2) is 66.9 Å². The topological polar surface area (TPSA) is 54.0 Å². The second-order valence-corrected chi connectivity index (χ2v) is 5.67. The van der Waals surface area contributed by atoms with Gasteiger partial charge in [-0.3, -0.25) is 4.79 Å². The maximum atomic E-state index is 13.6. The summed E-state index contributed by atoms with van der Waals surface area (Å²) in [7, 11) is 0. The van der Waals surface area contributed by atoms with Crippen molar-refractivity contribution in [3.63, 3.8) is 0 Å². The van der Waals surface area contributed by atoms with Crippen LogP contribution in [0.5, 0.6) is 0 Å². The Labute approximate surface area is 149 Å². The van der Waals surface area contributed by atoms with Crippen LogP contribution in [-0.2, 0) is 6.42 Å². The van der Waals surface area contributed by atoms with E-state index in [1.165, 1.54) is 30.5 Å². The fraction of sp³-hybridized carbons (Fsp3) is 0.100. The number of carbonyl (C=O) groups excluding carboxylic acids is 1. The molecule has 1 amide bonds. The Morgan fingerprint density at radius 3 is 2.54 bits per heavy atom. The van der Waals surface area contributed by atoms with Crippen molar-refractivity contribution in [3.8, 4) is 0 Å². The van der Waals surface area contributed by atoms with Crippen LogP contribution in [0.1, 0.15) is 15.9 Å². The predicted octanol–water partition coefficient (Wildman–Crippen LogP) is 4.27. The summed E-state index contributed by atoms with van der Waals surface area (Å²) in [5, 5.41) is 5.66. The maximum Gasteiger partial charge on any atom is 0.255 e. The van der Waals surface area contributed by atoms with Gasteiger partial charge in [-0.05, 0) is 48.4 Å². The highest BCUT2D eigenvalue weighted by Crippen LogP contribution is 2.15. The number of benzene rings is 2. The van der Waals surface area contributed by atoms with Gasteiger partial charge in [-0.15, -0.1) is 0 Å². The molecule has 3 aromatic rings. The van der Waals surface area contributed by atoms with Crippen molar-refractivity contribution in [1.29, 1.82) is 0 Å². The number of anilines is 2. The molecule has 2 N–H and O–H groups in total. The summed E-state index contributed by atoms with van der Waals surface area (Å²) < 4.78 is 26.5. The highest BCUT2D eigenvalue weighted by molar-refractivity contribution is 6.04. The van der Waals surface area contributed by atoms with Gasteiger partial charge in [-0.2, -0.15) is 0 Å². The van der Waals surface area contributed by atoms with Crippen LogP contribution in [0, 0.1) is 11.6 Å². The average molecular weight is 353 g/mol. The molecule has 0 aliphatic rings. The molecule has 0 fully saturated rings. The van der Waals surface area contributed by atoms with Crippen molar-refractivity contribution in [1.82, 2.24) is 4.98 Å². The van der Waals surface area contributed by atoms with E-state index in [4.69, 9.17) is 0 Å². The molecule has 0 saturated carbocycles. The fourth-order valence-corrected chi connectivity index (χ4v) is 2.41. The van der Waals surface area contributed by atoms with Crippen LogP contribution in [-0.4, -0.2) is 17.4 Å². The molecule has 0 aliphatic carbocycles. The minimum Gasteiger partial charge on any atom is -0.370 e. The number of hydrogen-bond donors (Lipinski definition) is 2. The van der Waals surface area contributed by atoms with Crippen molar-refractivity contribution in [3.05, 3.63) is 89.6 Å². The maximum absolute atomic E-state index is 13.6. The molecule has 6 heteroatoms. The van der Waals surface area contributed by atoms with Gasteiger partial charge in [0, 0.05) is 18.3 Å². The van der Waals surface area contributed by atoms with Crippen molar-refractivity contribution in [2.45, 2.75) is 6.42 Å². The number of para-hydroxylation sites is 1. The van der Waals surface area contributed by atoms with Gasteiger partial charge >= 0.3 is 0 Å². The number of halogens is 2.